The highest BCUT2D eigenvalue weighted by molar-refractivity contribution is 7.08. The largest absolute Gasteiger partial charge is 0.381 e. The predicted molar refractivity (Wildman–Crippen MR) is 130 cm³/mol. The zero-order valence-corrected chi connectivity index (χ0v) is 20.7. The minimum Gasteiger partial charge on any atom is -0.381 e. The number of rotatable bonds is 5. The third-order valence-corrected chi connectivity index (χ3v) is 8.49. The molecule has 2 aromatic rings. The van der Waals surface area contributed by atoms with E-state index in [4.69, 9.17) is 4.74 Å². The number of nitrogens with zero attached hydrogens (tertiary/aromatic N) is 3. The molecule has 0 aromatic carbocycles. The van der Waals surface area contributed by atoms with Crippen LogP contribution in [-0.4, -0.2) is 51.5 Å². The summed E-state index contributed by atoms with van der Waals surface area (Å²) in [6.45, 7) is 5.00. The number of anilines is 2. The number of amides is 3. The molecule has 3 N–H and O–H groups in total. The van der Waals surface area contributed by atoms with E-state index in [1.54, 1.807) is 19.2 Å². The summed E-state index contributed by atoms with van der Waals surface area (Å²) in [5.41, 5.74) is 1.45. The van der Waals surface area contributed by atoms with Gasteiger partial charge in [-0.05, 0) is 56.0 Å². The lowest BCUT2D eigenvalue weighted by Crippen LogP contribution is -2.49. The molecule has 11 heteroatoms. The summed E-state index contributed by atoms with van der Waals surface area (Å²) < 4.78 is 9.29. The third kappa shape index (κ3) is 4.54. The smallest absolute Gasteiger partial charge is 0.265 e. The number of hydrogen-bond acceptors (Lipinski definition) is 8. The van der Waals surface area contributed by atoms with Crippen molar-refractivity contribution in [1.29, 1.82) is 0 Å². The number of aromatic nitrogens is 3. The maximum atomic E-state index is 13.4. The minimum absolute atomic E-state index is 0.0241. The van der Waals surface area contributed by atoms with Gasteiger partial charge in [-0.3, -0.25) is 14.4 Å². The quantitative estimate of drug-likeness (QED) is 0.577. The second-order valence-electron chi connectivity index (χ2n) is 9.91. The number of nitrogens with one attached hydrogen (secondary N) is 3. The Morgan fingerprint density at radius 1 is 1.23 bits per heavy atom. The first-order valence-corrected chi connectivity index (χ1v) is 12.9. The van der Waals surface area contributed by atoms with E-state index in [2.05, 4.69) is 37.4 Å². The van der Waals surface area contributed by atoms with E-state index in [9.17, 15) is 14.4 Å². The van der Waals surface area contributed by atoms with Crippen LogP contribution in [0, 0.1) is 18.8 Å². The molecule has 35 heavy (non-hydrogen) atoms. The Kier molecular flexibility index (Phi) is 6.54. The van der Waals surface area contributed by atoms with E-state index in [0.29, 0.717) is 54.0 Å². The summed E-state index contributed by atoms with van der Waals surface area (Å²) in [6, 6.07) is 0.997. The van der Waals surface area contributed by atoms with Gasteiger partial charge < -0.3 is 20.7 Å². The SMILES string of the molecule is Cc1nnsc1C(=O)N[C@H](C(=O)Nc1cc2c(cn1)C1(CCOCC1)C(=O)N2)C1CCC(C)CC1. The summed E-state index contributed by atoms with van der Waals surface area (Å²) in [7, 11) is 0. The summed E-state index contributed by atoms with van der Waals surface area (Å²) in [4.78, 5) is 44.0. The maximum absolute atomic E-state index is 13.4. The zero-order valence-electron chi connectivity index (χ0n) is 19.9. The van der Waals surface area contributed by atoms with Crippen LogP contribution in [0.2, 0.25) is 0 Å². The molecule has 3 amide bonds. The van der Waals surface area contributed by atoms with Crippen LogP contribution in [0.15, 0.2) is 12.3 Å². The van der Waals surface area contributed by atoms with E-state index in [1.165, 1.54) is 0 Å². The number of fused-ring (bicyclic) bond motifs is 2. The van der Waals surface area contributed by atoms with Crippen LogP contribution >= 0.6 is 11.5 Å². The highest BCUT2D eigenvalue weighted by Crippen LogP contribution is 2.44. The Labute approximate surface area is 207 Å². The zero-order chi connectivity index (χ0) is 24.6. The maximum Gasteiger partial charge on any atom is 0.265 e. The molecule has 0 unspecified atom stereocenters. The van der Waals surface area contributed by atoms with E-state index in [0.717, 1.165) is 42.8 Å². The number of carbonyl (C=O) groups excluding carboxylic acids is 3. The Balaban J connectivity index is 1.35. The Morgan fingerprint density at radius 3 is 2.66 bits per heavy atom. The molecule has 4 heterocycles. The first-order chi connectivity index (χ1) is 16.9. The molecule has 1 spiro atoms. The number of hydrogen-bond donors (Lipinski definition) is 3. The van der Waals surface area contributed by atoms with Crippen LogP contribution in [-0.2, 0) is 19.7 Å². The molecular weight excluding hydrogens is 468 g/mol. The van der Waals surface area contributed by atoms with Crippen molar-refractivity contribution in [2.45, 2.75) is 63.8 Å². The van der Waals surface area contributed by atoms with Crippen LogP contribution in [0.4, 0.5) is 11.5 Å². The average molecular weight is 499 g/mol. The molecule has 2 fully saturated rings. The standard InChI is InChI=1S/C24H30N6O4S/c1-13-3-5-15(6-4-13)19(28-22(32)20-14(2)29-30-35-20)21(31)27-18-11-17-16(12-25-18)24(23(33)26-17)7-9-34-10-8-24/h11-13,15,19H,3-10H2,1-2H3,(H,26,33)(H,28,32)(H,25,27,31)/t13?,15?,19-/m0/s1. The lowest BCUT2D eigenvalue weighted by Gasteiger charge is -2.32. The van der Waals surface area contributed by atoms with Crippen molar-refractivity contribution >= 4 is 40.8 Å². The van der Waals surface area contributed by atoms with Crippen molar-refractivity contribution in [3.8, 4) is 0 Å². The van der Waals surface area contributed by atoms with Gasteiger partial charge in [-0.1, -0.05) is 24.3 Å². The number of aryl methyl sites for hydroxylation is 1. The Morgan fingerprint density at radius 2 is 1.97 bits per heavy atom. The second-order valence-corrected chi connectivity index (χ2v) is 10.7. The molecule has 10 nitrogen and oxygen atoms in total. The van der Waals surface area contributed by atoms with Crippen LogP contribution in [0.3, 0.4) is 0 Å². The number of pyridine rings is 1. The highest BCUT2D eigenvalue weighted by Gasteiger charge is 2.48. The normalized spacial score (nSPS) is 23.9. The van der Waals surface area contributed by atoms with Crippen LogP contribution in [0.1, 0.15) is 66.4 Å². The van der Waals surface area contributed by atoms with Crippen molar-refractivity contribution in [2.24, 2.45) is 11.8 Å². The van der Waals surface area contributed by atoms with Gasteiger partial charge in [0, 0.05) is 31.0 Å². The first-order valence-electron chi connectivity index (χ1n) is 12.2. The van der Waals surface area contributed by atoms with Crippen LogP contribution in [0.25, 0.3) is 0 Å². The number of carbonyl (C=O) groups is 3. The fourth-order valence-electron chi connectivity index (χ4n) is 5.46. The second kappa shape index (κ2) is 9.62. The van der Waals surface area contributed by atoms with Gasteiger partial charge in [-0.2, -0.15) is 0 Å². The van der Waals surface area contributed by atoms with Crippen molar-refractivity contribution in [3.63, 3.8) is 0 Å². The topological polar surface area (TPSA) is 135 Å². The van der Waals surface area contributed by atoms with E-state index in [-0.39, 0.29) is 23.6 Å². The molecule has 0 bridgehead atoms. The van der Waals surface area contributed by atoms with E-state index >= 15 is 0 Å². The average Bonchev–Trinajstić information content (AvgIpc) is 3.39. The highest BCUT2D eigenvalue weighted by atomic mass is 32.1. The first kappa shape index (κ1) is 23.8. The molecule has 186 valence electrons. The Bertz CT molecular complexity index is 1140. The lowest BCUT2D eigenvalue weighted by atomic mass is 9.76. The van der Waals surface area contributed by atoms with Crippen LogP contribution in [0.5, 0.6) is 0 Å². The molecular formula is C24H30N6O4S. The minimum atomic E-state index is -0.706. The van der Waals surface area contributed by atoms with Crippen molar-refractivity contribution < 1.29 is 19.1 Å². The van der Waals surface area contributed by atoms with Gasteiger partial charge in [-0.25, -0.2) is 4.98 Å². The lowest BCUT2D eigenvalue weighted by molar-refractivity contribution is -0.124. The fourth-order valence-corrected chi connectivity index (χ4v) is 6.02. The molecule has 1 aliphatic carbocycles. The van der Waals surface area contributed by atoms with Gasteiger partial charge in [-0.15, -0.1) is 5.10 Å². The molecule has 1 atom stereocenters. The molecule has 0 radical (unpaired) electrons. The van der Waals surface area contributed by atoms with Gasteiger partial charge >= 0.3 is 0 Å². The van der Waals surface area contributed by atoms with Gasteiger partial charge in [0.25, 0.3) is 5.91 Å². The monoisotopic (exact) mass is 498 g/mol. The molecule has 2 aliphatic heterocycles. The van der Waals surface area contributed by atoms with E-state index in [1.807, 2.05) is 0 Å². The number of ether oxygens (including phenoxy) is 1. The van der Waals surface area contributed by atoms with Crippen molar-refractivity contribution in [3.05, 3.63) is 28.4 Å². The van der Waals surface area contributed by atoms with Crippen LogP contribution < -0.4 is 16.0 Å². The summed E-state index contributed by atoms with van der Waals surface area (Å²) in [5, 5.41) is 12.7. The van der Waals surface area contributed by atoms with E-state index < -0.39 is 11.5 Å². The molecule has 2 aromatic heterocycles. The third-order valence-electron chi connectivity index (χ3n) is 7.66. The Hall–Kier alpha value is -2.92. The molecule has 1 saturated carbocycles. The van der Waals surface area contributed by atoms with Crippen molar-refractivity contribution in [2.75, 3.05) is 23.8 Å². The summed E-state index contributed by atoms with van der Waals surface area (Å²) >= 11 is 1.02. The molecule has 1 saturated heterocycles. The molecule has 5 rings (SSSR count). The molecule has 3 aliphatic rings. The summed E-state index contributed by atoms with van der Waals surface area (Å²) in [5.74, 6) is 0.278. The van der Waals surface area contributed by atoms with Gasteiger partial charge in [0.2, 0.25) is 11.8 Å². The fraction of sp³-hybridized carbons (Fsp3) is 0.583. The van der Waals surface area contributed by atoms with Gasteiger partial charge in [0.15, 0.2) is 0 Å². The van der Waals surface area contributed by atoms with Crippen molar-refractivity contribution in [1.82, 2.24) is 19.9 Å². The predicted octanol–water partition coefficient (Wildman–Crippen LogP) is 2.81. The van der Waals surface area contributed by atoms with Gasteiger partial charge in [0.1, 0.15) is 16.7 Å². The summed E-state index contributed by atoms with van der Waals surface area (Å²) in [6.07, 6.45) is 6.64. The van der Waals surface area contributed by atoms with Gasteiger partial charge in [0.05, 0.1) is 16.8 Å².